The lowest BCUT2D eigenvalue weighted by Gasteiger charge is -2.06. The van der Waals surface area contributed by atoms with E-state index in [1.807, 2.05) is 6.92 Å². The Morgan fingerprint density at radius 2 is 2.29 bits per heavy atom. The number of nitrogens with one attached hydrogen (secondary N) is 1. The SMILES string of the molecule is CCCOc1nc(NN)nc(-n2cccn2)n1. The highest BCUT2D eigenvalue weighted by Gasteiger charge is 2.08. The molecule has 8 nitrogen and oxygen atoms in total. The van der Waals surface area contributed by atoms with Crippen molar-refractivity contribution in [1.29, 1.82) is 0 Å². The zero-order chi connectivity index (χ0) is 12.1. The Kier molecular flexibility index (Phi) is 3.46. The van der Waals surface area contributed by atoms with E-state index in [0.29, 0.717) is 12.6 Å². The van der Waals surface area contributed by atoms with Crippen molar-refractivity contribution in [3.05, 3.63) is 18.5 Å². The molecule has 0 aliphatic heterocycles. The average molecular weight is 235 g/mol. The number of hydrogen-bond acceptors (Lipinski definition) is 7. The van der Waals surface area contributed by atoms with E-state index in [9.17, 15) is 0 Å². The highest BCUT2D eigenvalue weighted by atomic mass is 16.5. The zero-order valence-corrected chi connectivity index (χ0v) is 9.37. The maximum atomic E-state index is 5.34. The van der Waals surface area contributed by atoms with Gasteiger partial charge >= 0.3 is 6.01 Å². The third-order valence-corrected chi connectivity index (χ3v) is 1.88. The van der Waals surface area contributed by atoms with Crippen LogP contribution in [0, 0.1) is 0 Å². The van der Waals surface area contributed by atoms with Crippen molar-refractivity contribution >= 4 is 5.95 Å². The number of nitrogen functional groups attached to an aromatic ring is 1. The third-order valence-electron chi connectivity index (χ3n) is 1.88. The second-order valence-corrected chi connectivity index (χ2v) is 3.19. The van der Waals surface area contributed by atoms with Crippen molar-refractivity contribution in [2.75, 3.05) is 12.0 Å². The quantitative estimate of drug-likeness (QED) is 0.560. The standard InChI is InChI=1S/C9H13N7O/c1-2-6-17-9-13-7(15-10)12-8(14-9)16-5-3-4-11-16/h3-5H,2,6,10H2,1H3,(H,12,13,14,15). The van der Waals surface area contributed by atoms with Gasteiger partial charge in [0.15, 0.2) is 0 Å². The average Bonchev–Trinajstić information content (AvgIpc) is 2.89. The first-order valence-corrected chi connectivity index (χ1v) is 5.19. The van der Waals surface area contributed by atoms with Crippen molar-refractivity contribution in [3.8, 4) is 12.0 Å². The molecule has 0 spiro atoms. The maximum absolute atomic E-state index is 5.34. The maximum Gasteiger partial charge on any atom is 0.323 e. The zero-order valence-electron chi connectivity index (χ0n) is 9.37. The monoisotopic (exact) mass is 235 g/mol. The van der Waals surface area contributed by atoms with Crippen LogP contribution in [0.1, 0.15) is 13.3 Å². The molecule has 0 saturated carbocycles. The minimum absolute atomic E-state index is 0.223. The van der Waals surface area contributed by atoms with Gasteiger partial charge in [0, 0.05) is 12.4 Å². The molecular weight excluding hydrogens is 222 g/mol. The molecule has 0 saturated heterocycles. The summed E-state index contributed by atoms with van der Waals surface area (Å²) >= 11 is 0. The van der Waals surface area contributed by atoms with Crippen molar-refractivity contribution in [1.82, 2.24) is 24.7 Å². The van der Waals surface area contributed by atoms with Gasteiger partial charge in [0.05, 0.1) is 6.61 Å². The number of nitrogens with two attached hydrogens (primary N) is 1. The van der Waals surface area contributed by atoms with Gasteiger partial charge in [-0.3, -0.25) is 5.43 Å². The molecule has 0 bridgehead atoms. The molecule has 2 heterocycles. The highest BCUT2D eigenvalue weighted by molar-refractivity contribution is 5.28. The largest absolute Gasteiger partial charge is 0.463 e. The molecule has 0 amide bonds. The van der Waals surface area contributed by atoms with E-state index < -0.39 is 0 Å². The van der Waals surface area contributed by atoms with Gasteiger partial charge in [0.1, 0.15) is 0 Å². The number of ether oxygens (including phenoxy) is 1. The second kappa shape index (κ2) is 5.21. The van der Waals surface area contributed by atoms with Crippen molar-refractivity contribution in [2.24, 2.45) is 5.84 Å². The Bertz CT molecular complexity index is 470. The Morgan fingerprint density at radius 3 is 2.94 bits per heavy atom. The molecule has 17 heavy (non-hydrogen) atoms. The van der Waals surface area contributed by atoms with Crippen molar-refractivity contribution in [2.45, 2.75) is 13.3 Å². The Labute approximate surface area is 97.8 Å². The van der Waals surface area contributed by atoms with Crippen LogP contribution in [0.3, 0.4) is 0 Å². The lowest BCUT2D eigenvalue weighted by molar-refractivity contribution is 0.291. The van der Waals surface area contributed by atoms with Gasteiger partial charge < -0.3 is 4.74 Å². The lowest BCUT2D eigenvalue weighted by atomic mass is 10.5. The Balaban J connectivity index is 2.32. The van der Waals surface area contributed by atoms with E-state index in [2.05, 4.69) is 25.5 Å². The van der Waals surface area contributed by atoms with Crippen LogP contribution in [-0.4, -0.2) is 31.3 Å². The molecule has 90 valence electrons. The second-order valence-electron chi connectivity index (χ2n) is 3.19. The number of rotatable bonds is 5. The molecule has 0 aromatic carbocycles. The van der Waals surface area contributed by atoms with Gasteiger partial charge in [-0.15, -0.1) is 0 Å². The Morgan fingerprint density at radius 1 is 1.41 bits per heavy atom. The summed E-state index contributed by atoms with van der Waals surface area (Å²) < 4.78 is 6.84. The first-order valence-electron chi connectivity index (χ1n) is 5.19. The predicted molar refractivity (Wildman–Crippen MR) is 60.5 cm³/mol. The summed E-state index contributed by atoms with van der Waals surface area (Å²) in [4.78, 5) is 12.2. The summed E-state index contributed by atoms with van der Waals surface area (Å²) in [6.45, 7) is 2.53. The van der Waals surface area contributed by atoms with Crippen LogP contribution in [0.25, 0.3) is 5.95 Å². The van der Waals surface area contributed by atoms with E-state index in [-0.39, 0.29) is 12.0 Å². The first kappa shape index (κ1) is 11.3. The van der Waals surface area contributed by atoms with Gasteiger partial charge in [0.2, 0.25) is 5.95 Å². The Hall–Kier alpha value is -2.22. The topological polar surface area (TPSA) is 104 Å². The molecule has 0 aliphatic carbocycles. The molecule has 3 N–H and O–H groups in total. The third kappa shape index (κ3) is 2.67. The number of anilines is 1. The predicted octanol–water partition coefficient (Wildman–Crippen LogP) is 0.132. The molecule has 0 unspecified atom stereocenters. The van der Waals surface area contributed by atoms with Crippen LogP contribution in [0.15, 0.2) is 18.5 Å². The van der Waals surface area contributed by atoms with Crippen LogP contribution in [0.4, 0.5) is 5.95 Å². The molecule has 0 atom stereocenters. The van der Waals surface area contributed by atoms with Gasteiger partial charge in [-0.1, -0.05) is 6.92 Å². The molecule has 2 aromatic rings. The number of aromatic nitrogens is 5. The lowest BCUT2D eigenvalue weighted by Crippen LogP contribution is -2.15. The molecule has 8 heteroatoms. The molecule has 0 radical (unpaired) electrons. The van der Waals surface area contributed by atoms with Crippen molar-refractivity contribution < 1.29 is 4.74 Å². The molecule has 2 aromatic heterocycles. The fraction of sp³-hybridized carbons (Fsp3) is 0.333. The van der Waals surface area contributed by atoms with Crippen LogP contribution in [-0.2, 0) is 0 Å². The van der Waals surface area contributed by atoms with E-state index in [1.165, 1.54) is 4.68 Å². The van der Waals surface area contributed by atoms with Gasteiger partial charge in [-0.05, 0) is 12.5 Å². The van der Waals surface area contributed by atoms with E-state index in [4.69, 9.17) is 10.6 Å². The molecule has 2 rings (SSSR count). The summed E-state index contributed by atoms with van der Waals surface area (Å²) in [5, 5.41) is 4.02. The molecule has 0 fully saturated rings. The van der Waals surface area contributed by atoms with Crippen LogP contribution in [0.2, 0.25) is 0 Å². The van der Waals surface area contributed by atoms with Crippen molar-refractivity contribution in [3.63, 3.8) is 0 Å². The minimum Gasteiger partial charge on any atom is -0.463 e. The molecular formula is C9H13N7O. The summed E-state index contributed by atoms with van der Waals surface area (Å²) in [5.74, 6) is 5.87. The summed E-state index contributed by atoms with van der Waals surface area (Å²) in [6, 6.07) is 1.99. The van der Waals surface area contributed by atoms with E-state index >= 15 is 0 Å². The number of hydrazine groups is 1. The van der Waals surface area contributed by atoms with Gasteiger partial charge in [-0.25, -0.2) is 10.5 Å². The van der Waals surface area contributed by atoms with Gasteiger partial charge in [-0.2, -0.15) is 20.1 Å². The summed E-state index contributed by atoms with van der Waals surface area (Å²) in [7, 11) is 0. The fourth-order valence-electron chi connectivity index (χ4n) is 1.16. The van der Waals surface area contributed by atoms with Crippen LogP contribution >= 0.6 is 0 Å². The van der Waals surface area contributed by atoms with E-state index in [0.717, 1.165) is 6.42 Å². The molecule has 0 aliphatic rings. The van der Waals surface area contributed by atoms with Gasteiger partial charge in [0.25, 0.3) is 5.95 Å². The number of nitrogens with zero attached hydrogens (tertiary/aromatic N) is 5. The van der Waals surface area contributed by atoms with Crippen LogP contribution in [0.5, 0.6) is 6.01 Å². The fourth-order valence-corrected chi connectivity index (χ4v) is 1.16. The number of hydrogen-bond donors (Lipinski definition) is 2. The highest BCUT2D eigenvalue weighted by Crippen LogP contribution is 2.09. The smallest absolute Gasteiger partial charge is 0.323 e. The summed E-state index contributed by atoms with van der Waals surface area (Å²) in [5.41, 5.74) is 2.36. The normalized spacial score (nSPS) is 10.2. The first-order chi connectivity index (χ1) is 8.33. The summed E-state index contributed by atoms with van der Waals surface area (Å²) in [6.07, 6.45) is 4.22. The van der Waals surface area contributed by atoms with Crippen LogP contribution < -0.4 is 16.0 Å². The minimum atomic E-state index is 0.223. The van der Waals surface area contributed by atoms with E-state index in [1.54, 1.807) is 18.5 Å².